The number of rotatable bonds is 10. The molecule has 1 unspecified atom stereocenters. The number of thiazole rings is 1. The second-order valence-electron chi connectivity index (χ2n) is 12.7. The van der Waals surface area contributed by atoms with Crippen molar-refractivity contribution in [3.05, 3.63) is 70.7 Å². The molecule has 6 amide bonds. The van der Waals surface area contributed by atoms with Gasteiger partial charge in [0.2, 0.25) is 23.6 Å². The first kappa shape index (κ1) is 35.3. The van der Waals surface area contributed by atoms with Crippen molar-refractivity contribution in [1.29, 1.82) is 0 Å². The quantitative estimate of drug-likeness (QED) is 0.183. The van der Waals surface area contributed by atoms with Crippen molar-refractivity contribution in [3.63, 3.8) is 0 Å². The molecule has 0 bridgehead atoms. The number of fused-ring (bicyclic) bond motifs is 1. The number of amides is 6. The topological polar surface area (TPSA) is 161 Å². The smallest absolute Gasteiger partial charge is 0.407 e. The minimum atomic E-state index is -1.14. The molecule has 2 fully saturated rings. The standard InChI is InChI=1S/C37H38N6O7S/c1-40(19-4-2-3-7-24-8-5-9-27-28(24)23-43(35(27)47)29-15-16-31(44)39-33(29)46)32(45)17-21-41(36(48)30-10-6-20-42(30)37(49)50)26-13-11-25(12-14-26)34-38-18-22-51-34/h5,8-9,11-14,18,22,29-30H,2,4,6,10,15-17,19-21,23H2,1H3,(H,49,50)(H,39,44,46)/t29?,30-/m0/s1. The van der Waals surface area contributed by atoms with Crippen LogP contribution in [0.4, 0.5) is 10.5 Å². The van der Waals surface area contributed by atoms with Gasteiger partial charge in [-0.25, -0.2) is 9.78 Å². The molecule has 2 aromatic carbocycles. The van der Waals surface area contributed by atoms with Crippen molar-refractivity contribution in [3.8, 4) is 22.4 Å². The predicted molar refractivity (Wildman–Crippen MR) is 189 cm³/mol. The summed E-state index contributed by atoms with van der Waals surface area (Å²) in [5, 5.41) is 14.7. The van der Waals surface area contributed by atoms with Crippen molar-refractivity contribution >= 4 is 52.7 Å². The summed E-state index contributed by atoms with van der Waals surface area (Å²) in [7, 11) is 1.70. The van der Waals surface area contributed by atoms with Crippen LogP contribution in [0.2, 0.25) is 0 Å². The monoisotopic (exact) mass is 710 g/mol. The van der Waals surface area contributed by atoms with Crippen LogP contribution in [0.15, 0.2) is 54.0 Å². The lowest BCUT2D eigenvalue weighted by Crippen LogP contribution is -2.52. The number of carbonyl (C=O) groups is 6. The van der Waals surface area contributed by atoms with Crippen molar-refractivity contribution in [2.75, 3.05) is 31.6 Å². The molecular weight excluding hydrogens is 673 g/mol. The average molecular weight is 711 g/mol. The van der Waals surface area contributed by atoms with Crippen LogP contribution in [0, 0.1) is 11.8 Å². The van der Waals surface area contributed by atoms with Gasteiger partial charge in [-0.15, -0.1) is 11.3 Å². The van der Waals surface area contributed by atoms with E-state index >= 15 is 0 Å². The number of likely N-dealkylation sites (tertiary alicyclic amines) is 1. The Morgan fingerprint density at radius 2 is 1.88 bits per heavy atom. The Morgan fingerprint density at radius 1 is 1.08 bits per heavy atom. The van der Waals surface area contributed by atoms with Crippen LogP contribution in [0.1, 0.15) is 66.4 Å². The number of hydrogen-bond acceptors (Lipinski definition) is 8. The summed E-state index contributed by atoms with van der Waals surface area (Å²) in [5.41, 5.74) is 3.44. The van der Waals surface area contributed by atoms with Crippen LogP contribution in [0.3, 0.4) is 0 Å². The van der Waals surface area contributed by atoms with Gasteiger partial charge in [0.1, 0.15) is 17.1 Å². The zero-order chi connectivity index (χ0) is 36.1. The maximum atomic E-state index is 13.8. The van der Waals surface area contributed by atoms with E-state index in [-0.39, 0.29) is 56.0 Å². The molecule has 6 rings (SSSR count). The van der Waals surface area contributed by atoms with Crippen LogP contribution in [-0.4, -0.2) is 99.2 Å². The fourth-order valence-corrected chi connectivity index (χ4v) is 7.38. The molecule has 2 N–H and O–H groups in total. The molecule has 264 valence electrons. The average Bonchev–Trinajstić information content (AvgIpc) is 3.90. The number of aromatic nitrogens is 1. The normalized spacial score (nSPS) is 18.2. The van der Waals surface area contributed by atoms with Gasteiger partial charge in [0, 0.05) is 86.4 Å². The molecule has 2 atom stereocenters. The van der Waals surface area contributed by atoms with Gasteiger partial charge in [-0.1, -0.05) is 17.9 Å². The number of hydrogen-bond donors (Lipinski definition) is 2. The van der Waals surface area contributed by atoms with Crippen LogP contribution in [0.25, 0.3) is 10.6 Å². The summed E-state index contributed by atoms with van der Waals surface area (Å²) in [4.78, 5) is 86.0. The predicted octanol–water partition coefficient (Wildman–Crippen LogP) is 3.73. The van der Waals surface area contributed by atoms with Gasteiger partial charge >= 0.3 is 6.09 Å². The molecule has 0 radical (unpaired) electrons. The van der Waals surface area contributed by atoms with Crippen LogP contribution in [0.5, 0.6) is 0 Å². The fourth-order valence-electron chi connectivity index (χ4n) is 6.74. The first-order chi connectivity index (χ1) is 24.6. The highest BCUT2D eigenvalue weighted by atomic mass is 32.1. The van der Waals surface area contributed by atoms with Crippen molar-refractivity contribution < 1.29 is 33.9 Å². The molecular formula is C37H38N6O7S. The Balaban J connectivity index is 1.04. The Labute approximate surface area is 299 Å². The molecule has 3 aliphatic rings. The summed E-state index contributed by atoms with van der Waals surface area (Å²) >= 11 is 1.50. The lowest BCUT2D eigenvalue weighted by molar-refractivity contribution is -0.137. The third kappa shape index (κ3) is 7.78. The van der Waals surface area contributed by atoms with Gasteiger partial charge < -0.3 is 19.8 Å². The van der Waals surface area contributed by atoms with Crippen LogP contribution < -0.4 is 10.2 Å². The second kappa shape index (κ2) is 15.6. The summed E-state index contributed by atoms with van der Waals surface area (Å²) < 4.78 is 0. The number of piperidine rings is 1. The Bertz CT molecular complexity index is 1900. The summed E-state index contributed by atoms with van der Waals surface area (Å²) in [6.45, 7) is 1.07. The van der Waals surface area contributed by atoms with Gasteiger partial charge in [-0.05, 0) is 67.6 Å². The third-order valence-corrected chi connectivity index (χ3v) is 10.3. The third-order valence-electron chi connectivity index (χ3n) is 9.48. The highest BCUT2D eigenvalue weighted by molar-refractivity contribution is 7.13. The maximum absolute atomic E-state index is 13.8. The molecule has 0 spiro atoms. The van der Waals surface area contributed by atoms with Gasteiger partial charge in [0.15, 0.2) is 0 Å². The van der Waals surface area contributed by atoms with Gasteiger partial charge in [0.05, 0.1) is 0 Å². The van der Waals surface area contributed by atoms with E-state index in [0.29, 0.717) is 55.6 Å². The first-order valence-corrected chi connectivity index (χ1v) is 17.8. The Morgan fingerprint density at radius 3 is 2.61 bits per heavy atom. The molecule has 13 nitrogen and oxygen atoms in total. The van der Waals surface area contributed by atoms with Crippen LogP contribution in [-0.2, 0) is 25.7 Å². The van der Waals surface area contributed by atoms with Gasteiger partial charge in [-0.2, -0.15) is 0 Å². The lowest BCUT2D eigenvalue weighted by Gasteiger charge is -2.29. The van der Waals surface area contributed by atoms with Crippen LogP contribution >= 0.6 is 11.3 Å². The number of nitrogens with one attached hydrogen (secondary N) is 1. The molecule has 3 aromatic rings. The van der Waals surface area contributed by atoms with E-state index in [4.69, 9.17) is 0 Å². The molecule has 1 aromatic heterocycles. The molecule has 4 heterocycles. The highest BCUT2D eigenvalue weighted by Gasteiger charge is 2.40. The van der Waals surface area contributed by atoms with Crippen molar-refractivity contribution in [1.82, 2.24) is 25.0 Å². The summed E-state index contributed by atoms with van der Waals surface area (Å²) in [6, 6.07) is 11.1. The van der Waals surface area contributed by atoms with Crippen molar-refractivity contribution in [2.45, 2.75) is 63.6 Å². The molecule has 3 aliphatic heterocycles. The number of imide groups is 1. The van der Waals surface area contributed by atoms with Gasteiger partial charge in [0.25, 0.3) is 5.91 Å². The zero-order valence-electron chi connectivity index (χ0n) is 28.2. The molecule has 0 aliphatic carbocycles. The number of carbonyl (C=O) groups excluding carboxylic acids is 5. The Hall–Kier alpha value is -5.55. The van der Waals surface area contributed by atoms with E-state index < -0.39 is 24.1 Å². The first-order valence-electron chi connectivity index (χ1n) is 16.9. The summed E-state index contributed by atoms with van der Waals surface area (Å²) in [6.07, 6.45) is 3.22. The number of anilines is 1. The number of unbranched alkanes of at least 4 members (excludes halogenated alkanes) is 1. The van der Waals surface area contributed by atoms with Crippen molar-refractivity contribution in [2.24, 2.45) is 0 Å². The minimum Gasteiger partial charge on any atom is -0.465 e. The maximum Gasteiger partial charge on any atom is 0.407 e. The zero-order valence-corrected chi connectivity index (χ0v) is 29.0. The second-order valence-corrected chi connectivity index (χ2v) is 13.6. The Kier molecular flexibility index (Phi) is 10.8. The number of carboxylic acid groups (broad SMARTS) is 1. The van der Waals surface area contributed by atoms with E-state index in [2.05, 4.69) is 22.1 Å². The molecule has 0 saturated carbocycles. The molecule has 51 heavy (non-hydrogen) atoms. The van der Waals surface area contributed by atoms with Gasteiger partial charge in [-0.3, -0.25) is 34.2 Å². The van der Waals surface area contributed by atoms with E-state index in [1.54, 1.807) is 42.4 Å². The lowest BCUT2D eigenvalue weighted by atomic mass is 10.0. The van der Waals surface area contributed by atoms with E-state index in [0.717, 1.165) is 16.1 Å². The molecule has 2 saturated heterocycles. The van der Waals surface area contributed by atoms with E-state index in [9.17, 15) is 33.9 Å². The highest BCUT2D eigenvalue weighted by Crippen LogP contribution is 2.30. The minimum absolute atomic E-state index is 0.0514. The SMILES string of the molecule is CN(CCCC#Cc1cccc2c1CN(C1CCC(=O)NC1=O)C2=O)C(=O)CCN(C(=O)[C@@H]1CCCN1C(=O)O)c1ccc(-c2nccs2)cc1. The fraction of sp³-hybridized carbons (Fsp3) is 0.378. The summed E-state index contributed by atoms with van der Waals surface area (Å²) in [5.74, 6) is 4.74. The van der Waals surface area contributed by atoms with E-state index in [1.165, 1.54) is 26.0 Å². The molecule has 14 heteroatoms. The number of benzene rings is 2. The van der Waals surface area contributed by atoms with E-state index in [1.807, 2.05) is 23.6 Å². The number of nitrogens with zero attached hydrogens (tertiary/aromatic N) is 5. The largest absolute Gasteiger partial charge is 0.465 e.